The van der Waals surface area contributed by atoms with Crippen LogP contribution in [0.4, 0.5) is 28.0 Å². The summed E-state index contributed by atoms with van der Waals surface area (Å²) in [5, 5.41) is 18.0. The van der Waals surface area contributed by atoms with Crippen LogP contribution in [0.1, 0.15) is 37.1 Å². The normalized spacial score (nSPS) is 28.8. The predicted octanol–water partition coefficient (Wildman–Crippen LogP) is 4.78. The highest BCUT2D eigenvalue weighted by Crippen LogP contribution is 2.74. The number of fused-ring (bicyclic) bond motifs is 1. The molecule has 2 saturated carbocycles. The van der Waals surface area contributed by atoms with Crippen molar-refractivity contribution >= 4 is 11.7 Å². The molecule has 35 heavy (non-hydrogen) atoms. The van der Waals surface area contributed by atoms with E-state index in [1.54, 1.807) is 11.8 Å². The smallest absolute Gasteiger partial charge is 0.417 e. The Morgan fingerprint density at radius 1 is 1.26 bits per heavy atom. The molecule has 3 fully saturated rings. The topological polar surface area (TPSA) is 97.0 Å². The molecule has 0 spiro atoms. The van der Waals surface area contributed by atoms with Crippen LogP contribution < -0.4 is 5.32 Å². The minimum Gasteiger partial charge on any atom is -0.423 e. The zero-order valence-electron chi connectivity index (χ0n) is 18.7. The van der Waals surface area contributed by atoms with Crippen LogP contribution in [0.5, 0.6) is 0 Å². The number of hydrogen-bond donors (Lipinski definition) is 1. The number of aromatic nitrogens is 4. The Morgan fingerprint density at radius 3 is 2.71 bits per heavy atom. The maximum Gasteiger partial charge on any atom is 0.417 e. The Bertz CT molecular complexity index is 1330. The fourth-order valence-corrected chi connectivity index (χ4v) is 6.15. The van der Waals surface area contributed by atoms with E-state index in [4.69, 9.17) is 4.42 Å². The van der Waals surface area contributed by atoms with Crippen LogP contribution in [0.2, 0.25) is 0 Å². The zero-order chi connectivity index (χ0) is 24.7. The highest BCUT2D eigenvalue weighted by atomic mass is 19.4. The standard InChI is InChI=1S/C23H20F4N6O2/c1-10-6-13-18-19(13)33(22(18,9-10)20-32-30-11(2)35-20)21(34)29-17-7-12(16-4-3-5-28-31-16)14(8-15(17)24)23(25,26)27/h3-5,7-8,10,13,18-19H,6,9H2,1-2H3,(H,29,34). The minimum atomic E-state index is -4.83. The number of alkyl halides is 3. The maximum atomic E-state index is 14.9. The van der Waals surface area contributed by atoms with E-state index >= 15 is 0 Å². The predicted molar refractivity (Wildman–Crippen MR) is 113 cm³/mol. The Balaban J connectivity index is 1.37. The number of carbonyl (C=O) groups is 1. The summed E-state index contributed by atoms with van der Waals surface area (Å²) >= 11 is 0. The summed E-state index contributed by atoms with van der Waals surface area (Å²) in [5.74, 6) is 0.258. The Hall–Kier alpha value is -3.57. The summed E-state index contributed by atoms with van der Waals surface area (Å²) in [6.45, 7) is 3.75. The largest absolute Gasteiger partial charge is 0.423 e. The van der Waals surface area contributed by atoms with E-state index in [0.29, 0.717) is 30.2 Å². The molecule has 1 N–H and O–H groups in total. The number of likely N-dealkylation sites (tertiary alicyclic amines) is 1. The molecule has 1 aliphatic heterocycles. The van der Waals surface area contributed by atoms with Crippen LogP contribution >= 0.6 is 0 Å². The van der Waals surface area contributed by atoms with E-state index < -0.39 is 29.1 Å². The molecule has 5 unspecified atom stereocenters. The molecular formula is C23H20F4N6O2. The molecule has 0 bridgehead atoms. The molecule has 6 rings (SSSR count). The van der Waals surface area contributed by atoms with Gasteiger partial charge in [0.05, 0.1) is 16.9 Å². The molecule has 5 atom stereocenters. The van der Waals surface area contributed by atoms with Crippen molar-refractivity contribution in [3.63, 3.8) is 0 Å². The van der Waals surface area contributed by atoms with Crippen molar-refractivity contribution in [1.29, 1.82) is 0 Å². The molecule has 3 heterocycles. The van der Waals surface area contributed by atoms with Gasteiger partial charge in [-0.05, 0) is 48.9 Å². The average molecular weight is 488 g/mol. The van der Waals surface area contributed by atoms with Gasteiger partial charge in [0.15, 0.2) is 0 Å². The number of urea groups is 1. The van der Waals surface area contributed by atoms with Gasteiger partial charge in [-0.2, -0.15) is 23.4 Å². The van der Waals surface area contributed by atoms with Crippen molar-refractivity contribution in [1.82, 2.24) is 25.3 Å². The molecule has 8 nitrogen and oxygen atoms in total. The van der Waals surface area contributed by atoms with E-state index in [1.165, 1.54) is 18.3 Å². The lowest BCUT2D eigenvalue weighted by Crippen LogP contribution is -2.63. The van der Waals surface area contributed by atoms with Crippen LogP contribution in [0.15, 0.2) is 34.9 Å². The number of rotatable bonds is 3. The van der Waals surface area contributed by atoms with Crippen LogP contribution in [0.3, 0.4) is 0 Å². The van der Waals surface area contributed by atoms with Gasteiger partial charge in [0.2, 0.25) is 11.8 Å². The van der Waals surface area contributed by atoms with Crippen LogP contribution in [0.25, 0.3) is 11.3 Å². The molecule has 3 aliphatic rings. The van der Waals surface area contributed by atoms with Crippen molar-refractivity contribution in [3.05, 3.63) is 53.6 Å². The van der Waals surface area contributed by atoms with Crippen LogP contribution in [-0.2, 0) is 11.7 Å². The van der Waals surface area contributed by atoms with E-state index in [9.17, 15) is 22.4 Å². The number of hydrogen-bond acceptors (Lipinski definition) is 6. The van der Waals surface area contributed by atoms with Gasteiger partial charge < -0.3 is 14.6 Å². The van der Waals surface area contributed by atoms with Crippen LogP contribution in [0, 0.1) is 30.5 Å². The Labute approximate surface area is 196 Å². The quantitative estimate of drug-likeness (QED) is 0.533. The van der Waals surface area contributed by atoms with E-state index in [2.05, 4.69) is 32.6 Å². The number of benzene rings is 1. The number of nitrogens with zero attached hydrogens (tertiary/aromatic N) is 5. The van der Waals surface area contributed by atoms with Gasteiger partial charge >= 0.3 is 12.2 Å². The molecule has 2 aliphatic carbocycles. The average Bonchev–Trinajstić information content (AvgIpc) is 3.28. The molecule has 2 amide bonds. The molecule has 12 heteroatoms. The number of nitrogens with one attached hydrogen (secondary N) is 1. The summed E-state index contributed by atoms with van der Waals surface area (Å²) in [6.07, 6.45) is -1.96. The molecular weight excluding hydrogens is 468 g/mol. The number of aryl methyl sites for hydroxylation is 1. The fraction of sp³-hybridized carbons (Fsp3) is 0.435. The third-order valence-electron chi connectivity index (χ3n) is 7.36. The van der Waals surface area contributed by atoms with Crippen LogP contribution in [-0.4, -0.2) is 37.4 Å². The van der Waals surface area contributed by atoms with Gasteiger partial charge in [-0.15, -0.1) is 10.2 Å². The number of carbonyl (C=O) groups excluding carboxylic acids is 1. The molecule has 182 valence electrons. The lowest BCUT2D eigenvalue weighted by atomic mass is 9.72. The summed E-state index contributed by atoms with van der Waals surface area (Å²) in [6, 6.07) is 3.40. The van der Waals surface area contributed by atoms with Crippen molar-refractivity contribution in [2.75, 3.05) is 5.32 Å². The summed E-state index contributed by atoms with van der Waals surface area (Å²) < 4.78 is 61.5. The second-order valence-electron chi connectivity index (χ2n) is 9.56. The van der Waals surface area contributed by atoms with E-state index in [-0.39, 0.29) is 34.8 Å². The highest BCUT2D eigenvalue weighted by Gasteiger charge is 2.82. The minimum absolute atomic E-state index is 0.0517. The SMILES string of the molecule is Cc1nnc(C23CC(C)CC4C(C42)N3C(=O)Nc2cc(-c3cccnn3)c(C(F)(F)F)cc2F)o1. The summed E-state index contributed by atoms with van der Waals surface area (Å²) in [5.41, 5.74) is -2.86. The monoisotopic (exact) mass is 488 g/mol. The van der Waals surface area contributed by atoms with Gasteiger partial charge in [0.25, 0.3) is 0 Å². The molecule has 3 aromatic rings. The number of halogens is 4. The fourth-order valence-electron chi connectivity index (χ4n) is 6.15. The van der Waals surface area contributed by atoms with Gasteiger partial charge in [0.1, 0.15) is 11.4 Å². The molecule has 0 radical (unpaired) electrons. The Morgan fingerprint density at radius 2 is 2.06 bits per heavy atom. The molecule has 1 aromatic carbocycles. The van der Waals surface area contributed by atoms with E-state index in [0.717, 1.165) is 12.5 Å². The number of anilines is 1. The first-order valence-corrected chi connectivity index (χ1v) is 11.2. The lowest BCUT2D eigenvalue weighted by Gasteiger charge is -2.50. The van der Waals surface area contributed by atoms with Gasteiger partial charge in [-0.3, -0.25) is 0 Å². The second-order valence-corrected chi connectivity index (χ2v) is 9.56. The van der Waals surface area contributed by atoms with Crippen molar-refractivity contribution in [3.8, 4) is 11.3 Å². The van der Waals surface area contributed by atoms with Crippen molar-refractivity contribution in [2.45, 2.75) is 44.4 Å². The first-order chi connectivity index (χ1) is 16.6. The second kappa shape index (κ2) is 7.22. The highest BCUT2D eigenvalue weighted by molar-refractivity contribution is 5.93. The molecule has 2 aromatic heterocycles. The Kier molecular flexibility index (Phi) is 4.52. The van der Waals surface area contributed by atoms with E-state index in [1.807, 2.05) is 0 Å². The maximum absolute atomic E-state index is 14.9. The third-order valence-corrected chi connectivity index (χ3v) is 7.36. The van der Waals surface area contributed by atoms with Crippen molar-refractivity contribution in [2.24, 2.45) is 17.8 Å². The first-order valence-electron chi connectivity index (χ1n) is 11.2. The van der Waals surface area contributed by atoms with Gasteiger partial charge in [-0.25, -0.2) is 9.18 Å². The first kappa shape index (κ1) is 21.9. The third kappa shape index (κ3) is 3.15. The molecule has 1 saturated heterocycles. The van der Waals surface area contributed by atoms with Gasteiger partial charge in [0, 0.05) is 30.6 Å². The van der Waals surface area contributed by atoms with Crippen molar-refractivity contribution < 1.29 is 26.8 Å². The summed E-state index contributed by atoms with van der Waals surface area (Å²) in [7, 11) is 0. The van der Waals surface area contributed by atoms with Gasteiger partial charge in [-0.1, -0.05) is 6.92 Å². The summed E-state index contributed by atoms with van der Waals surface area (Å²) in [4.78, 5) is 15.1. The number of amides is 2. The lowest BCUT2D eigenvalue weighted by molar-refractivity contribution is -0.137. The zero-order valence-corrected chi connectivity index (χ0v) is 18.7.